The van der Waals surface area contributed by atoms with Crippen molar-refractivity contribution in [3.63, 3.8) is 0 Å². The zero-order chi connectivity index (χ0) is 15.8. The molecule has 0 aliphatic heterocycles. The van der Waals surface area contributed by atoms with E-state index in [4.69, 9.17) is 9.47 Å². The molecule has 0 saturated heterocycles. The summed E-state index contributed by atoms with van der Waals surface area (Å²) < 4.78 is 10.5. The smallest absolute Gasteiger partial charge is 0.224 e. The van der Waals surface area contributed by atoms with E-state index in [-0.39, 0.29) is 11.8 Å². The predicted octanol–water partition coefficient (Wildman–Crippen LogP) is 2.79. The Morgan fingerprint density at radius 2 is 1.62 bits per heavy atom. The Morgan fingerprint density at radius 1 is 1.05 bits per heavy atom. The van der Waals surface area contributed by atoms with Crippen molar-refractivity contribution in [1.82, 2.24) is 0 Å². The molecule has 0 radical (unpaired) electrons. The molecule has 1 aromatic carbocycles. The highest BCUT2D eigenvalue weighted by molar-refractivity contribution is 5.96. The maximum Gasteiger partial charge on any atom is 0.224 e. The van der Waals surface area contributed by atoms with Gasteiger partial charge in [-0.15, -0.1) is 0 Å². The average Bonchev–Trinajstić information content (AvgIpc) is 2.44. The molecule has 0 aromatic heterocycles. The number of rotatable bonds is 7. The number of anilines is 2. The van der Waals surface area contributed by atoms with E-state index in [1.165, 1.54) is 21.1 Å². The number of unbranched alkanes of at least 4 members (excludes halogenated alkanes) is 1. The number of hydrogen-bond donors (Lipinski definition) is 2. The third kappa shape index (κ3) is 4.98. The van der Waals surface area contributed by atoms with Crippen molar-refractivity contribution >= 4 is 23.2 Å². The van der Waals surface area contributed by atoms with Crippen molar-refractivity contribution in [3.8, 4) is 11.5 Å². The summed E-state index contributed by atoms with van der Waals surface area (Å²) in [5.41, 5.74) is 0.986. The van der Waals surface area contributed by atoms with Crippen LogP contribution in [-0.4, -0.2) is 26.0 Å². The molecule has 6 heteroatoms. The molecule has 0 fully saturated rings. The van der Waals surface area contributed by atoms with E-state index in [9.17, 15) is 9.59 Å². The average molecular weight is 294 g/mol. The van der Waals surface area contributed by atoms with Crippen molar-refractivity contribution in [2.24, 2.45) is 0 Å². The van der Waals surface area contributed by atoms with Gasteiger partial charge in [-0.3, -0.25) is 9.59 Å². The van der Waals surface area contributed by atoms with Gasteiger partial charge in [-0.25, -0.2) is 0 Å². The normalized spacial score (nSPS) is 9.90. The Balaban J connectivity index is 3.05. The van der Waals surface area contributed by atoms with Crippen LogP contribution in [0.5, 0.6) is 11.5 Å². The Hall–Kier alpha value is -2.24. The Labute approximate surface area is 124 Å². The summed E-state index contributed by atoms with van der Waals surface area (Å²) in [6, 6.07) is 3.25. The second-order valence-corrected chi connectivity index (χ2v) is 4.59. The highest BCUT2D eigenvalue weighted by Crippen LogP contribution is 2.36. The first-order valence-corrected chi connectivity index (χ1v) is 6.85. The van der Waals surface area contributed by atoms with E-state index in [2.05, 4.69) is 10.6 Å². The van der Waals surface area contributed by atoms with E-state index in [0.29, 0.717) is 29.3 Å². The number of amides is 2. The van der Waals surface area contributed by atoms with Gasteiger partial charge in [0.1, 0.15) is 11.5 Å². The summed E-state index contributed by atoms with van der Waals surface area (Å²) >= 11 is 0. The molecule has 1 rings (SSSR count). The molecule has 0 atom stereocenters. The number of nitrogens with one attached hydrogen (secondary N) is 2. The van der Waals surface area contributed by atoms with E-state index in [0.717, 1.165) is 12.8 Å². The first kappa shape index (κ1) is 16.8. The molecule has 0 aliphatic carbocycles. The van der Waals surface area contributed by atoms with Crippen LogP contribution >= 0.6 is 0 Å². The number of ether oxygens (including phenoxy) is 2. The third-order valence-electron chi connectivity index (χ3n) is 2.86. The highest BCUT2D eigenvalue weighted by Gasteiger charge is 2.14. The van der Waals surface area contributed by atoms with Crippen molar-refractivity contribution in [2.45, 2.75) is 33.1 Å². The minimum atomic E-state index is -0.221. The van der Waals surface area contributed by atoms with Gasteiger partial charge in [0.15, 0.2) is 0 Å². The van der Waals surface area contributed by atoms with Gasteiger partial charge >= 0.3 is 0 Å². The fourth-order valence-corrected chi connectivity index (χ4v) is 1.83. The standard InChI is InChI=1S/C15H22N2O4/c1-5-6-7-15(19)17-12-8-11(16-10(2)18)13(20-3)9-14(12)21-4/h8-9H,5-7H2,1-4H3,(H,16,18)(H,17,19). The van der Waals surface area contributed by atoms with E-state index < -0.39 is 0 Å². The molecule has 0 saturated carbocycles. The Kier molecular flexibility index (Phi) is 6.52. The van der Waals surface area contributed by atoms with E-state index >= 15 is 0 Å². The Morgan fingerprint density at radius 3 is 2.10 bits per heavy atom. The number of hydrogen-bond acceptors (Lipinski definition) is 4. The van der Waals surface area contributed by atoms with Crippen LogP contribution in [0.25, 0.3) is 0 Å². The topological polar surface area (TPSA) is 76.7 Å². The zero-order valence-corrected chi connectivity index (χ0v) is 12.9. The minimum Gasteiger partial charge on any atom is -0.494 e. The second-order valence-electron chi connectivity index (χ2n) is 4.59. The maximum atomic E-state index is 11.8. The van der Waals surface area contributed by atoms with Crippen LogP contribution in [0.15, 0.2) is 12.1 Å². The lowest BCUT2D eigenvalue weighted by molar-refractivity contribution is -0.116. The monoisotopic (exact) mass is 294 g/mol. The van der Waals surface area contributed by atoms with Gasteiger partial charge in [0.05, 0.1) is 25.6 Å². The summed E-state index contributed by atoms with van der Waals surface area (Å²) in [5.74, 6) is 0.634. The molecule has 0 spiro atoms. The van der Waals surface area contributed by atoms with Crippen molar-refractivity contribution in [3.05, 3.63) is 12.1 Å². The van der Waals surface area contributed by atoms with Crippen LogP contribution in [0.3, 0.4) is 0 Å². The highest BCUT2D eigenvalue weighted by atomic mass is 16.5. The van der Waals surface area contributed by atoms with Gasteiger partial charge in [-0.2, -0.15) is 0 Å². The first-order valence-electron chi connectivity index (χ1n) is 6.85. The quantitative estimate of drug-likeness (QED) is 0.810. The van der Waals surface area contributed by atoms with Crippen LogP contribution in [0.1, 0.15) is 33.1 Å². The van der Waals surface area contributed by atoms with Gasteiger partial charge in [0.25, 0.3) is 0 Å². The van der Waals surface area contributed by atoms with Gasteiger partial charge in [-0.1, -0.05) is 13.3 Å². The predicted molar refractivity (Wildman–Crippen MR) is 82.0 cm³/mol. The summed E-state index contributed by atoms with van der Waals surface area (Å²) in [6.45, 7) is 3.43. The molecule has 0 bridgehead atoms. The van der Waals surface area contributed by atoms with Crippen LogP contribution in [-0.2, 0) is 9.59 Å². The SMILES string of the molecule is CCCCC(=O)Nc1cc(NC(C)=O)c(OC)cc1OC. The molecule has 0 heterocycles. The second kappa shape index (κ2) is 8.14. The molecule has 21 heavy (non-hydrogen) atoms. The van der Waals surface area contributed by atoms with Gasteiger partial charge in [0.2, 0.25) is 11.8 Å². The van der Waals surface area contributed by atoms with Crippen LogP contribution in [0, 0.1) is 0 Å². The number of carbonyl (C=O) groups excluding carboxylic acids is 2. The largest absolute Gasteiger partial charge is 0.494 e. The molecule has 6 nitrogen and oxygen atoms in total. The van der Waals surface area contributed by atoms with Crippen molar-refractivity contribution in [2.75, 3.05) is 24.9 Å². The van der Waals surface area contributed by atoms with Crippen molar-refractivity contribution < 1.29 is 19.1 Å². The fourth-order valence-electron chi connectivity index (χ4n) is 1.83. The lowest BCUT2D eigenvalue weighted by Crippen LogP contribution is -2.13. The molecule has 0 aliphatic rings. The van der Waals surface area contributed by atoms with Crippen LogP contribution in [0.4, 0.5) is 11.4 Å². The number of benzene rings is 1. The molecule has 116 valence electrons. The third-order valence-corrected chi connectivity index (χ3v) is 2.86. The molecule has 2 amide bonds. The number of carbonyl (C=O) groups is 2. The van der Waals surface area contributed by atoms with E-state index in [1.807, 2.05) is 6.92 Å². The molecular weight excluding hydrogens is 272 g/mol. The van der Waals surface area contributed by atoms with Crippen molar-refractivity contribution in [1.29, 1.82) is 0 Å². The summed E-state index contributed by atoms with van der Waals surface area (Å²) in [7, 11) is 3.01. The molecule has 1 aromatic rings. The Bertz CT molecular complexity index is 515. The fraction of sp³-hybridized carbons (Fsp3) is 0.467. The van der Waals surface area contributed by atoms with Gasteiger partial charge in [0, 0.05) is 19.4 Å². The van der Waals surface area contributed by atoms with Crippen LogP contribution < -0.4 is 20.1 Å². The summed E-state index contributed by atoms with van der Waals surface area (Å²) in [5, 5.41) is 5.45. The number of methoxy groups -OCH3 is 2. The van der Waals surface area contributed by atoms with E-state index in [1.54, 1.807) is 12.1 Å². The minimum absolute atomic E-state index is 0.0888. The summed E-state index contributed by atoms with van der Waals surface area (Å²) in [6.07, 6.45) is 2.22. The van der Waals surface area contributed by atoms with Gasteiger partial charge < -0.3 is 20.1 Å². The molecule has 0 unspecified atom stereocenters. The molecule has 2 N–H and O–H groups in total. The lowest BCUT2D eigenvalue weighted by Gasteiger charge is -2.15. The van der Waals surface area contributed by atoms with Crippen LogP contribution in [0.2, 0.25) is 0 Å². The summed E-state index contributed by atoms with van der Waals surface area (Å²) in [4.78, 5) is 23.1. The molecular formula is C15H22N2O4. The van der Waals surface area contributed by atoms with Gasteiger partial charge in [-0.05, 0) is 12.5 Å². The maximum absolute atomic E-state index is 11.8. The first-order chi connectivity index (χ1) is 10.0. The lowest BCUT2D eigenvalue weighted by atomic mass is 10.2. The zero-order valence-electron chi connectivity index (χ0n) is 12.9.